The van der Waals surface area contributed by atoms with E-state index in [-0.39, 0.29) is 22.9 Å². The van der Waals surface area contributed by atoms with Crippen molar-refractivity contribution in [3.63, 3.8) is 0 Å². The maximum atomic E-state index is 13.3. The average Bonchev–Trinajstić information content (AvgIpc) is 3.39. The van der Waals surface area contributed by atoms with E-state index in [1.54, 1.807) is 31.4 Å². The quantitative estimate of drug-likeness (QED) is 0.0766. The van der Waals surface area contributed by atoms with Gasteiger partial charge in [-0.3, -0.25) is 4.79 Å². The summed E-state index contributed by atoms with van der Waals surface area (Å²) in [5.41, 5.74) is 3.08. The number of fused-ring (bicyclic) bond motifs is 3. The van der Waals surface area contributed by atoms with Crippen LogP contribution in [0.2, 0.25) is 0 Å². The van der Waals surface area contributed by atoms with E-state index >= 15 is 0 Å². The highest BCUT2D eigenvalue weighted by molar-refractivity contribution is 6.40. The van der Waals surface area contributed by atoms with E-state index in [0.717, 1.165) is 29.7 Å². The van der Waals surface area contributed by atoms with Gasteiger partial charge in [0, 0.05) is 23.0 Å². The minimum Gasteiger partial charge on any atom is -0.496 e. The molecule has 0 aromatic heterocycles. The summed E-state index contributed by atoms with van der Waals surface area (Å²) in [6, 6.07) is 29.5. The third-order valence-electron chi connectivity index (χ3n) is 10.4. The molecule has 0 radical (unpaired) electrons. The number of allylic oxidation sites excluding steroid dienone is 1. The van der Waals surface area contributed by atoms with E-state index in [9.17, 15) is 9.59 Å². The number of rotatable bonds is 11. The fourth-order valence-electron chi connectivity index (χ4n) is 7.95. The molecule has 44 heavy (non-hydrogen) atoms. The summed E-state index contributed by atoms with van der Waals surface area (Å²) in [6.45, 7) is 8.87. The van der Waals surface area contributed by atoms with Gasteiger partial charge in [0.1, 0.15) is 11.9 Å². The molecule has 4 aromatic carbocycles. The summed E-state index contributed by atoms with van der Waals surface area (Å²) in [5, 5.41) is 2.41. The smallest absolute Gasteiger partial charge is 0.380 e. The highest BCUT2D eigenvalue weighted by Crippen LogP contribution is 2.68. The van der Waals surface area contributed by atoms with E-state index in [0.29, 0.717) is 25.0 Å². The van der Waals surface area contributed by atoms with Crippen molar-refractivity contribution in [2.24, 2.45) is 16.7 Å². The number of Topliss-reactive ketones (excluding diaryl/α,β-unsaturated/α-hetero) is 1. The molecule has 2 aliphatic carbocycles. The van der Waals surface area contributed by atoms with Crippen LogP contribution in [0, 0.1) is 16.7 Å². The Hall–Kier alpha value is -4.22. The second-order valence-corrected chi connectivity index (χ2v) is 12.8. The van der Waals surface area contributed by atoms with Crippen molar-refractivity contribution in [1.29, 1.82) is 0 Å². The highest BCUT2D eigenvalue weighted by atomic mass is 16.6. The fourth-order valence-corrected chi connectivity index (χ4v) is 7.95. The number of ketones is 1. The summed E-state index contributed by atoms with van der Waals surface area (Å²) in [5.74, 6) is -0.488. The van der Waals surface area contributed by atoms with E-state index in [1.165, 1.54) is 16.3 Å². The van der Waals surface area contributed by atoms with Gasteiger partial charge in [-0.15, -0.1) is 6.58 Å². The lowest BCUT2D eigenvalue weighted by atomic mass is 9.66. The van der Waals surface area contributed by atoms with E-state index < -0.39 is 17.9 Å². The van der Waals surface area contributed by atoms with Crippen LogP contribution in [0.3, 0.4) is 0 Å². The Labute approximate surface area is 259 Å². The molecule has 0 unspecified atom stereocenters. The lowest BCUT2D eigenvalue weighted by Crippen LogP contribution is -2.46. The number of hydrogen-bond acceptors (Lipinski definition) is 5. The number of benzene rings is 4. The summed E-state index contributed by atoms with van der Waals surface area (Å²) in [6.07, 6.45) is 4.22. The molecule has 226 valence electrons. The van der Waals surface area contributed by atoms with Crippen LogP contribution in [0.5, 0.6) is 5.75 Å². The lowest BCUT2D eigenvalue weighted by molar-refractivity contribution is -0.166. The monoisotopic (exact) mass is 588 g/mol. The molecule has 5 nitrogen and oxygen atoms in total. The molecule has 0 saturated heterocycles. The van der Waals surface area contributed by atoms with E-state index in [1.807, 2.05) is 24.3 Å². The Kier molecular flexibility index (Phi) is 8.17. The summed E-state index contributed by atoms with van der Waals surface area (Å²) in [7, 11) is 1.70. The standard InChI is InChI=1S/C39H40O5/c1-5-21-39-22-20-32(38(39,2)3)35(36(39)44-37(41)34(40)28-13-7-6-8-14-28)43-25-30-16-11-17-33(42-4)31(30)24-26-18-19-27-12-9-10-15-29(27)23-26/h5-19,23,32,35-36H,1,20-22,24-25H2,2-4H3/t32-,35-,36-,39+/m1/s1. The predicted molar refractivity (Wildman–Crippen MR) is 173 cm³/mol. The third-order valence-corrected chi connectivity index (χ3v) is 10.4. The normalized spacial score (nSPS) is 23.4. The molecular weight excluding hydrogens is 548 g/mol. The number of hydrogen-bond donors (Lipinski definition) is 0. The van der Waals surface area contributed by atoms with Gasteiger partial charge in [-0.2, -0.15) is 0 Å². The van der Waals surface area contributed by atoms with Crippen molar-refractivity contribution in [2.75, 3.05) is 7.11 Å². The van der Waals surface area contributed by atoms with Gasteiger partial charge in [0.2, 0.25) is 0 Å². The van der Waals surface area contributed by atoms with Crippen LogP contribution in [0.15, 0.2) is 104 Å². The van der Waals surface area contributed by atoms with Crippen LogP contribution < -0.4 is 4.74 Å². The molecule has 2 aliphatic rings. The Balaban J connectivity index is 1.29. The highest BCUT2D eigenvalue weighted by Gasteiger charge is 2.70. The number of ether oxygens (including phenoxy) is 3. The van der Waals surface area contributed by atoms with Crippen LogP contribution in [-0.4, -0.2) is 31.1 Å². The third kappa shape index (κ3) is 5.13. The molecular formula is C39H40O5. The number of carbonyl (C=O) groups is 2. The molecule has 6 rings (SSSR count). The molecule has 5 heteroatoms. The predicted octanol–water partition coefficient (Wildman–Crippen LogP) is 8.13. The molecule has 2 saturated carbocycles. The van der Waals surface area contributed by atoms with Crippen LogP contribution >= 0.6 is 0 Å². The Morgan fingerprint density at radius 1 is 0.932 bits per heavy atom. The SMILES string of the molecule is C=CC[C@]12CC[C@H]([C@@H](OCc3cccc(OC)c3Cc3ccc4ccccc4c3)[C@H]1OC(=O)C(=O)c1ccccc1)C2(C)C. The maximum absolute atomic E-state index is 13.3. The van der Waals surface area contributed by atoms with Crippen LogP contribution in [0.25, 0.3) is 10.8 Å². The van der Waals surface area contributed by atoms with Gasteiger partial charge < -0.3 is 14.2 Å². The fraction of sp³-hybridized carbons (Fsp3) is 0.333. The van der Waals surface area contributed by atoms with E-state index in [4.69, 9.17) is 14.2 Å². The van der Waals surface area contributed by atoms with Gasteiger partial charge in [0.25, 0.3) is 5.78 Å². The molecule has 4 atom stereocenters. The molecule has 0 spiro atoms. The first kappa shape index (κ1) is 29.8. The summed E-state index contributed by atoms with van der Waals surface area (Å²) >= 11 is 0. The second-order valence-electron chi connectivity index (χ2n) is 12.8. The second kappa shape index (κ2) is 12.0. The van der Waals surface area contributed by atoms with Crippen molar-refractivity contribution >= 4 is 22.5 Å². The van der Waals surface area contributed by atoms with Gasteiger partial charge in [-0.05, 0) is 58.6 Å². The first-order valence-corrected chi connectivity index (χ1v) is 15.4. The topological polar surface area (TPSA) is 61.8 Å². The van der Waals surface area contributed by atoms with Gasteiger partial charge in [0.15, 0.2) is 0 Å². The van der Waals surface area contributed by atoms with Crippen molar-refractivity contribution in [3.8, 4) is 5.75 Å². The Morgan fingerprint density at radius 2 is 1.68 bits per heavy atom. The van der Waals surface area contributed by atoms with Gasteiger partial charge in [0.05, 0.1) is 19.8 Å². The zero-order valence-corrected chi connectivity index (χ0v) is 25.8. The first-order valence-electron chi connectivity index (χ1n) is 15.4. The number of esters is 1. The zero-order valence-electron chi connectivity index (χ0n) is 25.8. The molecule has 2 fully saturated rings. The summed E-state index contributed by atoms with van der Waals surface area (Å²) in [4.78, 5) is 26.4. The van der Waals surface area contributed by atoms with Crippen LogP contribution in [0.1, 0.15) is 60.2 Å². The van der Waals surface area contributed by atoms with Crippen LogP contribution in [0.4, 0.5) is 0 Å². The average molecular weight is 589 g/mol. The lowest BCUT2D eigenvalue weighted by Gasteiger charge is -2.41. The van der Waals surface area contributed by atoms with Gasteiger partial charge in [-0.1, -0.05) is 105 Å². The molecule has 0 N–H and O–H groups in total. The molecule has 4 aromatic rings. The van der Waals surface area contributed by atoms with Crippen molar-refractivity contribution in [1.82, 2.24) is 0 Å². The minimum atomic E-state index is -0.833. The van der Waals surface area contributed by atoms with Crippen molar-refractivity contribution in [2.45, 2.75) is 58.3 Å². The van der Waals surface area contributed by atoms with Gasteiger partial charge >= 0.3 is 5.97 Å². The Morgan fingerprint density at radius 3 is 2.43 bits per heavy atom. The largest absolute Gasteiger partial charge is 0.496 e. The molecule has 0 aliphatic heterocycles. The van der Waals surface area contributed by atoms with Gasteiger partial charge in [-0.25, -0.2) is 4.79 Å². The van der Waals surface area contributed by atoms with Crippen LogP contribution in [-0.2, 0) is 27.3 Å². The first-order chi connectivity index (χ1) is 21.3. The molecule has 0 heterocycles. The molecule has 0 amide bonds. The van der Waals surface area contributed by atoms with Crippen molar-refractivity contribution < 1.29 is 23.8 Å². The van der Waals surface area contributed by atoms with E-state index in [2.05, 4.69) is 69.0 Å². The number of carbonyl (C=O) groups excluding carboxylic acids is 2. The molecule has 2 bridgehead atoms. The Bertz CT molecular complexity index is 1690. The number of methoxy groups -OCH3 is 1. The summed E-state index contributed by atoms with van der Waals surface area (Å²) < 4.78 is 18.8. The maximum Gasteiger partial charge on any atom is 0.380 e. The minimum absolute atomic E-state index is 0.168. The zero-order chi connectivity index (χ0) is 30.9. The van der Waals surface area contributed by atoms with Crippen molar-refractivity contribution in [3.05, 3.63) is 126 Å².